The SMILES string of the molecule is C[Si](C)(C)[C@H]1[C@@H]2C=C[C@@H]1C[C@@H]2[N+](=O)[O-]. The van der Waals surface area contributed by atoms with Crippen LogP contribution in [-0.2, 0) is 0 Å². The second-order valence-electron chi connectivity index (χ2n) is 5.61. The summed E-state index contributed by atoms with van der Waals surface area (Å²) in [5, 5.41) is 10.9. The second-order valence-corrected chi connectivity index (χ2v) is 11.0. The van der Waals surface area contributed by atoms with E-state index in [1.165, 1.54) is 0 Å². The monoisotopic (exact) mass is 211 g/mol. The van der Waals surface area contributed by atoms with Crippen molar-refractivity contribution in [1.29, 1.82) is 0 Å². The van der Waals surface area contributed by atoms with E-state index < -0.39 is 8.07 Å². The van der Waals surface area contributed by atoms with E-state index in [1.54, 1.807) is 0 Å². The van der Waals surface area contributed by atoms with Gasteiger partial charge in [-0.15, -0.1) is 0 Å². The average Bonchev–Trinajstić information content (AvgIpc) is 2.57. The van der Waals surface area contributed by atoms with Crippen LogP contribution in [-0.4, -0.2) is 19.0 Å². The molecular weight excluding hydrogens is 194 g/mol. The molecule has 1 saturated carbocycles. The molecule has 0 aromatic carbocycles. The Hall–Kier alpha value is -0.643. The topological polar surface area (TPSA) is 43.1 Å². The Bertz CT molecular complexity index is 295. The maximum Gasteiger partial charge on any atom is 0.219 e. The number of rotatable bonds is 2. The second kappa shape index (κ2) is 2.92. The van der Waals surface area contributed by atoms with Crippen LogP contribution >= 0.6 is 0 Å². The highest BCUT2D eigenvalue weighted by Gasteiger charge is 2.54. The molecule has 78 valence electrons. The third-order valence-corrected chi connectivity index (χ3v) is 6.50. The van der Waals surface area contributed by atoms with Gasteiger partial charge in [0.15, 0.2) is 0 Å². The van der Waals surface area contributed by atoms with Crippen molar-refractivity contribution in [2.75, 3.05) is 0 Å². The van der Waals surface area contributed by atoms with Crippen molar-refractivity contribution >= 4 is 8.07 Å². The summed E-state index contributed by atoms with van der Waals surface area (Å²) in [5.74, 6) is 0.740. The van der Waals surface area contributed by atoms with Crippen molar-refractivity contribution < 1.29 is 4.92 Å². The lowest BCUT2D eigenvalue weighted by molar-refractivity contribution is -0.527. The molecule has 2 bridgehead atoms. The Morgan fingerprint density at radius 3 is 2.36 bits per heavy atom. The van der Waals surface area contributed by atoms with Crippen molar-refractivity contribution in [2.24, 2.45) is 11.8 Å². The maximum absolute atomic E-state index is 10.9. The molecule has 3 nitrogen and oxygen atoms in total. The first-order valence-corrected chi connectivity index (χ1v) is 8.81. The largest absolute Gasteiger partial charge is 0.264 e. The summed E-state index contributed by atoms with van der Waals surface area (Å²) in [5.41, 5.74) is 0.609. The van der Waals surface area contributed by atoms with Crippen LogP contribution in [0.2, 0.25) is 25.2 Å². The number of fused-ring (bicyclic) bond motifs is 2. The van der Waals surface area contributed by atoms with Crippen LogP contribution in [0, 0.1) is 22.0 Å². The molecule has 4 heteroatoms. The van der Waals surface area contributed by atoms with Crippen LogP contribution in [0.15, 0.2) is 12.2 Å². The molecule has 0 N–H and O–H groups in total. The fourth-order valence-electron chi connectivity index (χ4n) is 3.27. The fourth-order valence-corrected chi connectivity index (χ4v) is 6.29. The number of nitro groups is 1. The lowest BCUT2D eigenvalue weighted by Crippen LogP contribution is -2.34. The Labute approximate surface area is 85.4 Å². The van der Waals surface area contributed by atoms with Gasteiger partial charge >= 0.3 is 0 Å². The van der Waals surface area contributed by atoms with Crippen LogP contribution in [0.3, 0.4) is 0 Å². The van der Waals surface area contributed by atoms with Gasteiger partial charge in [-0.2, -0.15) is 0 Å². The fraction of sp³-hybridized carbons (Fsp3) is 0.800. The van der Waals surface area contributed by atoms with Crippen molar-refractivity contribution in [2.45, 2.75) is 37.6 Å². The van der Waals surface area contributed by atoms with E-state index in [1.807, 2.05) is 0 Å². The van der Waals surface area contributed by atoms with Crippen molar-refractivity contribution in [1.82, 2.24) is 0 Å². The summed E-state index contributed by atoms with van der Waals surface area (Å²) >= 11 is 0. The van der Waals surface area contributed by atoms with Gasteiger partial charge in [-0.05, 0) is 11.5 Å². The highest BCUT2D eigenvalue weighted by molar-refractivity contribution is 6.77. The molecule has 0 spiro atoms. The van der Waals surface area contributed by atoms with E-state index in [0.717, 1.165) is 6.42 Å². The van der Waals surface area contributed by atoms with E-state index in [4.69, 9.17) is 0 Å². The molecule has 0 heterocycles. The van der Waals surface area contributed by atoms with Gasteiger partial charge in [-0.25, -0.2) is 0 Å². The first-order chi connectivity index (χ1) is 6.41. The summed E-state index contributed by atoms with van der Waals surface area (Å²) in [6, 6.07) is -0.290. The molecule has 2 aliphatic carbocycles. The smallest absolute Gasteiger partial charge is 0.219 e. The summed E-state index contributed by atoms with van der Waals surface area (Å²) in [6.45, 7) is 6.98. The van der Waals surface area contributed by atoms with Crippen molar-refractivity contribution in [3.63, 3.8) is 0 Å². The number of nitrogens with zero attached hydrogens (tertiary/aromatic N) is 1. The molecule has 4 atom stereocenters. The van der Waals surface area contributed by atoms with Gasteiger partial charge in [-0.1, -0.05) is 31.8 Å². The van der Waals surface area contributed by atoms with Crippen LogP contribution in [0.1, 0.15) is 6.42 Å². The number of hydrogen-bond donors (Lipinski definition) is 0. The molecule has 0 aliphatic heterocycles. The molecule has 0 radical (unpaired) electrons. The lowest BCUT2D eigenvalue weighted by Gasteiger charge is -2.28. The van der Waals surface area contributed by atoms with E-state index in [-0.39, 0.29) is 16.9 Å². The minimum atomic E-state index is -1.24. The average molecular weight is 211 g/mol. The minimum absolute atomic E-state index is 0.0681. The molecule has 0 unspecified atom stereocenters. The van der Waals surface area contributed by atoms with Gasteiger partial charge < -0.3 is 0 Å². The summed E-state index contributed by atoms with van der Waals surface area (Å²) < 4.78 is 0. The van der Waals surface area contributed by atoms with Gasteiger partial charge in [0.2, 0.25) is 6.04 Å². The zero-order valence-corrected chi connectivity index (χ0v) is 9.93. The zero-order valence-electron chi connectivity index (χ0n) is 8.93. The van der Waals surface area contributed by atoms with Gasteiger partial charge in [0.1, 0.15) is 0 Å². The summed E-state index contributed by atoms with van der Waals surface area (Å²) in [7, 11) is -1.24. The summed E-state index contributed by atoms with van der Waals surface area (Å²) in [6.07, 6.45) is 5.10. The van der Waals surface area contributed by atoms with E-state index >= 15 is 0 Å². The van der Waals surface area contributed by atoms with Crippen LogP contribution in [0.4, 0.5) is 0 Å². The molecule has 2 aliphatic rings. The predicted molar refractivity (Wildman–Crippen MR) is 58.6 cm³/mol. The normalized spacial score (nSPS) is 40.5. The number of allylic oxidation sites excluding steroid dienone is 1. The maximum atomic E-state index is 10.9. The quantitative estimate of drug-likeness (QED) is 0.305. The molecule has 0 aromatic heterocycles. The van der Waals surface area contributed by atoms with E-state index in [2.05, 4.69) is 31.8 Å². The highest BCUT2D eigenvalue weighted by Crippen LogP contribution is 2.54. The van der Waals surface area contributed by atoms with E-state index in [0.29, 0.717) is 11.5 Å². The third-order valence-electron chi connectivity index (χ3n) is 3.69. The summed E-state index contributed by atoms with van der Waals surface area (Å²) in [4.78, 5) is 10.8. The Kier molecular flexibility index (Phi) is 2.06. The van der Waals surface area contributed by atoms with Crippen LogP contribution in [0.5, 0.6) is 0 Å². The van der Waals surface area contributed by atoms with Crippen molar-refractivity contribution in [3.05, 3.63) is 22.3 Å². The van der Waals surface area contributed by atoms with Crippen LogP contribution in [0.25, 0.3) is 0 Å². The standard InChI is InChI=1S/C10H17NO2Si/c1-14(2,3)10-7-4-5-8(10)9(6-7)11(12)13/h4-5,7-10H,6H2,1-3H3/t7-,8-,9+,10-/m1/s1. The molecule has 2 rings (SSSR count). The number of hydrogen-bond acceptors (Lipinski definition) is 2. The van der Waals surface area contributed by atoms with Gasteiger partial charge in [0.25, 0.3) is 0 Å². The third kappa shape index (κ3) is 1.32. The van der Waals surface area contributed by atoms with Gasteiger partial charge in [0.05, 0.1) is 0 Å². The first-order valence-electron chi connectivity index (χ1n) is 5.23. The minimum Gasteiger partial charge on any atom is -0.264 e. The zero-order chi connectivity index (χ0) is 10.5. The lowest BCUT2D eigenvalue weighted by atomic mass is 10.0. The molecule has 1 fully saturated rings. The van der Waals surface area contributed by atoms with E-state index in [9.17, 15) is 10.1 Å². The first kappa shape index (κ1) is 9.89. The van der Waals surface area contributed by atoms with Crippen LogP contribution < -0.4 is 0 Å². The Balaban J connectivity index is 2.24. The van der Waals surface area contributed by atoms with Gasteiger partial charge in [0, 0.05) is 25.3 Å². The highest BCUT2D eigenvalue weighted by atomic mass is 28.3. The Morgan fingerprint density at radius 1 is 1.36 bits per heavy atom. The van der Waals surface area contributed by atoms with Crippen molar-refractivity contribution in [3.8, 4) is 0 Å². The molecular formula is C10H17NO2Si. The molecule has 14 heavy (non-hydrogen) atoms. The Morgan fingerprint density at radius 2 is 2.00 bits per heavy atom. The molecule has 0 aromatic rings. The molecule has 0 amide bonds. The predicted octanol–water partition coefficient (Wildman–Crippen LogP) is 2.55. The van der Waals surface area contributed by atoms with Gasteiger partial charge in [-0.3, -0.25) is 10.1 Å². The molecule has 0 saturated heterocycles.